The van der Waals surface area contributed by atoms with Crippen LogP contribution in [0.5, 0.6) is 11.5 Å². The van der Waals surface area contributed by atoms with Crippen molar-refractivity contribution in [2.45, 2.75) is 38.8 Å². The number of ether oxygens (including phenoxy) is 1. The molecule has 164 valence electrons. The molecule has 0 spiro atoms. The third kappa shape index (κ3) is 7.04. The molecule has 0 amide bonds. The number of rotatable bonds is 4. The van der Waals surface area contributed by atoms with Gasteiger partial charge in [-0.25, -0.2) is 0 Å². The van der Waals surface area contributed by atoms with Crippen LogP contribution in [-0.2, 0) is 5.41 Å². The van der Waals surface area contributed by atoms with E-state index in [2.05, 4.69) is 88.6 Å². The van der Waals surface area contributed by atoms with Gasteiger partial charge in [-0.2, -0.15) is 0 Å². The molecule has 0 atom stereocenters. The Morgan fingerprint density at radius 1 is 0.438 bits per heavy atom. The van der Waals surface area contributed by atoms with Gasteiger partial charge in [-0.3, -0.25) is 0 Å². The van der Waals surface area contributed by atoms with Crippen LogP contribution in [0.25, 0.3) is 0 Å². The molecule has 0 saturated heterocycles. The molecular weight excluding hydrogens is 469 g/mol. The maximum absolute atomic E-state index is 5.62. The van der Waals surface area contributed by atoms with Gasteiger partial charge in [0.15, 0.2) is 0 Å². The van der Waals surface area contributed by atoms with Gasteiger partial charge < -0.3 is 4.74 Å². The van der Waals surface area contributed by atoms with Crippen LogP contribution in [-0.4, -0.2) is 0 Å². The molecule has 5 heteroatoms. The van der Waals surface area contributed by atoms with Crippen molar-refractivity contribution in [3.63, 3.8) is 0 Å². The van der Waals surface area contributed by atoms with Crippen molar-refractivity contribution in [3.8, 4) is 11.5 Å². The fraction of sp³-hybridized carbons (Fsp3) is 0.111. The highest BCUT2D eigenvalue weighted by atomic mass is 32.1. The first-order chi connectivity index (χ1) is 15.2. The lowest BCUT2D eigenvalue weighted by atomic mass is 9.78. The second-order valence-electron chi connectivity index (χ2n) is 7.81. The molecule has 0 radical (unpaired) electrons. The molecule has 0 unspecified atom stereocenters. The van der Waals surface area contributed by atoms with E-state index in [0.29, 0.717) is 0 Å². The Balaban J connectivity index is 0.000000182. The summed E-state index contributed by atoms with van der Waals surface area (Å²) in [6.45, 7) is 4.46. The van der Waals surface area contributed by atoms with Gasteiger partial charge in [-0.15, -0.1) is 50.5 Å². The zero-order chi connectivity index (χ0) is 23.1. The van der Waals surface area contributed by atoms with Crippen LogP contribution in [0.1, 0.15) is 25.0 Å². The molecule has 0 aromatic heterocycles. The highest BCUT2D eigenvalue weighted by Gasteiger charge is 2.22. The van der Waals surface area contributed by atoms with Crippen molar-refractivity contribution in [3.05, 3.63) is 108 Å². The minimum Gasteiger partial charge on any atom is -0.457 e. The van der Waals surface area contributed by atoms with E-state index in [1.54, 1.807) is 0 Å². The van der Waals surface area contributed by atoms with E-state index in [9.17, 15) is 0 Å². The highest BCUT2D eigenvalue weighted by molar-refractivity contribution is 7.80. The molecule has 0 aliphatic rings. The molecule has 0 aliphatic heterocycles. The first-order valence-electron chi connectivity index (χ1n) is 10.1. The molecule has 0 N–H and O–H groups in total. The van der Waals surface area contributed by atoms with E-state index in [1.165, 1.54) is 11.1 Å². The summed E-state index contributed by atoms with van der Waals surface area (Å²) >= 11 is 17.0. The van der Waals surface area contributed by atoms with Gasteiger partial charge in [0.1, 0.15) is 11.5 Å². The van der Waals surface area contributed by atoms with Crippen molar-refractivity contribution in [1.82, 2.24) is 0 Å². The lowest BCUT2D eigenvalue weighted by molar-refractivity contribution is 0.482. The largest absolute Gasteiger partial charge is 0.457 e. The Hall–Kier alpha value is -1.92. The van der Waals surface area contributed by atoms with E-state index >= 15 is 0 Å². The second kappa shape index (κ2) is 11.3. The molecule has 0 bridgehead atoms. The summed E-state index contributed by atoms with van der Waals surface area (Å²) in [6, 6.07) is 31.8. The van der Waals surface area contributed by atoms with E-state index in [1.807, 2.05) is 72.8 Å². The van der Waals surface area contributed by atoms with E-state index in [-0.39, 0.29) is 5.41 Å². The first-order valence-corrected chi connectivity index (χ1v) is 11.9. The van der Waals surface area contributed by atoms with Gasteiger partial charge in [-0.1, -0.05) is 38.1 Å². The quantitative estimate of drug-likeness (QED) is 0.208. The van der Waals surface area contributed by atoms with Gasteiger partial charge in [-0.05, 0) is 83.9 Å². The van der Waals surface area contributed by atoms with Crippen LogP contribution in [0.15, 0.2) is 117 Å². The standard InChI is InChI=1S/C15H16S2.C12H10OS2/c1-15(2,11-3-7-13(16)8-4-11)12-5-9-14(17)10-6-12;14-11-5-1-9(2-6-11)13-10-3-7-12(15)8-4-10/h3-10,16-17H,1-2H3;1-8,14-15H. The Kier molecular flexibility index (Phi) is 8.72. The maximum atomic E-state index is 5.62. The van der Waals surface area contributed by atoms with Crippen LogP contribution in [0, 0.1) is 0 Å². The highest BCUT2D eigenvalue weighted by Crippen LogP contribution is 2.32. The van der Waals surface area contributed by atoms with Crippen LogP contribution < -0.4 is 4.74 Å². The number of benzene rings is 4. The molecule has 0 aliphatic carbocycles. The fourth-order valence-corrected chi connectivity index (χ4v) is 3.68. The second-order valence-corrected chi connectivity index (χ2v) is 9.87. The number of thiol groups is 4. The topological polar surface area (TPSA) is 9.23 Å². The Morgan fingerprint density at radius 3 is 0.969 bits per heavy atom. The molecule has 0 saturated carbocycles. The third-order valence-corrected chi connectivity index (χ3v) is 6.28. The molecule has 1 nitrogen and oxygen atoms in total. The Bertz CT molecular complexity index is 1030. The zero-order valence-corrected chi connectivity index (χ0v) is 21.5. The van der Waals surface area contributed by atoms with Gasteiger partial charge in [0.25, 0.3) is 0 Å². The molecule has 4 aromatic carbocycles. The van der Waals surface area contributed by atoms with Crippen molar-refractivity contribution >= 4 is 50.5 Å². The van der Waals surface area contributed by atoms with E-state index in [0.717, 1.165) is 31.1 Å². The maximum Gasteiger partial charge on any atom is 0.127 e. The lowest BCUT2D eigenvalue weighted by Gasteiger charge is -2.26. The molecular formula is C27H26OS4. The fourth-order valence-electron chi connectivity index (χ4n) is 3.09. The number of hydrogen-bond donors (Lipinski definition) is 4. The average molecular weight is 495 g/mol. The Morgan fingerprint density at radius 2 is 0.688 bits per heavy atom. The minimum atomic E-state index is 0.00293. The SMILES string of the molecule is CC(C)(c1ccc(S)cc1)c1ccc(S)cc1.Sc1ccc(Oc2ccc(S)cc2)cc1. The molecule has 0 fully saturated rings. The van der Waals surface area contributed by atoms with Gasteiger partial charge in [0.2, 0.25) is 0 Å². The van der Waals surface area contributed by atoms with Gasteiger partial charge in [0.05, 0.1) is 0 Å². The molecule has 4 rings (SSSR count). The zero-order valence-electron chi connectivity index (χ0n) is 17.9. The van der Waals surface area contributed by atoms with Crippen LogP contribution in [0.3, 0.4) is 0 Å². The predicted molar refractivity (Wildman–Crippen MR) is 147 cm³/mol. The van der Waals surface area contributed by atoms with Crippen molar-refractivity contribution in [2.75, 3.05) is 0 Å². The normalized spacial score (nSPS) is 10.8. The summed E-state index contributed by atoms with van der Waals surface area (Å²) in [5.74, 6) is 1.61. The van der Waals surface area contributed by atoms with Crippen molar-refractivity contribution < 1.29 is 4.74 Å². The summed E-state index contributed by atoms with van der Waals surface area (Å²) in [4.78, 5) is 3.84. The molecule has 32 heavy (non-hydrogen) atoms. The van der Waals surface area contributed by atoms with Crippen LogP contribution >= 0.6 is 50.5 Å². The third-order valence-electron chi connectivity index (χ3n) is 5.09. The average Bonchev–Trinajstić information content (AvgIpc) is 2.78. The molecule has 0 heterocycles. The lowest BCUT2D eigenvalue weighted by Crippen LogP contribution is -2.18. The van der Waals surface area contributed by atoms with Crippen molar-refractivity contribution in [2.24, 2.45) is 0 Å². The van der Waals surface area contributed by atoms with Crippen LogP contribution in [0.2, 0.25) is 0 Å². The first kappa shape index (κ1) is 24.7. The Labute approximate surface area is 212 Å². The number of hydrogen-bond acceptors (Lipinski definition) is 5. The van der Waals surface area contributed by atoms with E-state index < -0.39 is 0 Å². The monoisotopic (exact) mass is 494 g/mol. The predicted octanol–water partition coefficient (Wildman–Crippen LogP) is 8.65. The van der Waals surface area contributed by atoms with Gasteiger partial charge >= 0.3 is 0 Å². The molecule has 4 aromatic rings. The smallest absolute Gasteiger partial charge is 0.127 e. The van der Waals surface area contributed by atoms with Crippen molar-refractivity contribution in [1.29, 1.82) is 0 Å². The summed E-state index contributed by atoms with van der Waals surface area (Å²) in [5.41, 5.74) is 2.59. The van der Waals surface area contributed by atoms with Gasteiger partial charge in [0, 0.05) is 25.0 Å². The minimum absolute atomic E-state index is 0.00293. The summed E-state index contributed by atoms with van der Waals surface area (Å²) in [5, 5.41) is 0. The summed E-state index contributed by atoms with van der Waals surface area (Å²) in [6.07, 6.45) is 0. The van der Waals surface area contributed by atoms with Crippen LogP contribution in [0.4, 0.5) is 0 Å². The summed E-state index contributed by atoms with van der Waals surface area (Å²) in [7, 11) is 0. The van der Waals surface area contributed by atoms with E-state index in [4.69, 9.17) is 4.74 Å². The summed E-state index contributed by atoms with van der Waals surface area (Å²) < 4.78 is 5.62.